The highest BCUT2D eigenvalue weighted by Gasteiger charge is 2.37. The Morgan fingerprint density at radius 2 is 2.45 bits per heavy atom. The Bertz CT molecular complexity index is 260. The fraction of sp³-hybridized carbons (Fsp3) is 0.625. The van der Waals surface area contributed by atoms with Crippen LogP contribution in [0.4, 0.5) is 5.82 Å². The molecule has 0 atom stereocenters. The van der Waals surface area contributed by atoms with Gasteiger partial charge in [0.2, 0.25) is 0 Å². The number of nitrogens with zero attached hydrogens (tertiary/aromatic N) is 2. The molecule has 1 aromatic heterocycles. The third-order valence-electron chi connectivity index (χ3n) is 2.31. The summed E-state index contributed by atoms with van der Waals surface area (Å²) in [4.78, 5) is 0. The second-order valence-electron chi connectivity index (χ2n) is 3.75. The van der Waals surface area contributed by atoms with Crippen LogP contribution in [-0.2, 0) is 6.54 Å². The minimum Gasteiger partial charge on any atom is -0.382 e. The van der Waals surface area contributed by atoms with Gasteiger partial charge >= 0.3 is 0 Å². The van der Waals surface area contributed by atoms with Crippen molar-refractivity contribution in [2.45, 2.75) is 26.3 Å². The molecule has 60 valence electrons. The molecule has 0 aliphatic heterocycles. The normalized spacial score (nSPS) is 20.1. The lowest BCUT2D eigenvalue weighted by molar-refractivity contribution is 0.433. The predicted molar refractivity (Wildman–Crippen MR) is 44.0 cm³/mol. The van der Waals surface area contributed by atoms with E-state index in [0.29, 0.717) is 11.2 Å². The molecule has 0 amide bonds. The molecule has 1 aromatic rings. The lowest BCUT2D eigenvalue weighted by Crippen LogP contribution is -2.08. The van der Waals surface area contributed by atoms with Crippen LogP contribution >= 0.6 is 0 Å². The van der Waals surface area contributed by atoms with Gasteiger partial charge in [0.1, 0.15) is 5.82 Å². The standard InChI is InChI=1S/C8H13N3/c1-8(3-4-8)6-11-5-2-7(9)10-11/h2,5H,3-4,6H2,1H3,(H2,9,10). The molecule has 1 saturated carbocycles. The maximum atomic E-state index is 5.49. The van der Waals surface area contributed by atoms with Gasteiger partial charge in [-0.2, -0.15) is 5.10 Å². The van der Waals surface area contributed by atoms with Crippen LogP contribution in [-0.4, -0.2) is 9.78 Å². The van der Waals surface area contributed by atoms with E-state index in [1.807, 2.05) is 16.9 Å². The third-order valence-corrected chi connectivity index (χ3v) is 2.31. The van der Waals surface area contributed by atoms with Gasteiger partial charge in [-0.3, -0.25) is 4.68 Å². The van der Waals surface area contributed by atoms with Gasteiger partial charge in [0.15, 0.2) is 0 Å². The molecular weight excluding hydrogens is 138 g/mol. The molecule has 1 fully saturated rings. The van der Waals surface area contributed by atoms with Crippen LogP contribution in [0.1, 0.15) is 19.8 Å². The van der Waals surface area contributed by atoms with Gasteiger partial charge in [-0.15, -0.1) is 0 Å². The summed E-state index contributed by atoms with van der Waals surface area (Å²) in [5, 5.41) is 4.13. The Balaban J connectivity index is 2.06. The van der Waals surface area contributed by atoms with Crippen molar-refractivity contribution in [2.24, 2.45) is 5.41 Å². The second kappa shape index (κ2) is 2.00. The Kier molecular flexibility index (Phi) is 1.22. The number of hydrogen-bond donors (Lipinski definition) is 1. The number of anilines is 1. The maximum Gasteiger partial charge on any atom is 0.145 e. The van der Waals surface area contributed by atoms with Gasteiger partial charge < -0.3 is 5.73 Å². The molecule has 2 rings (SSSR count). The summed E-state index contributed by atoms with van der Waals surface area (Å²) in [7, 11) is 0. The summed E-state index contributed by atoms with van der Waals surface area (Å²) in [5.74, 6) is 0.620. The summed E-state index contributed by atoms with van der Waals surface area (Å²) < 4.78 is 1.93. The summed E-state index contributed by atoms with van der Waals surface area (Å²) in [6.07, 6.45) is 4.60. The second-order valence-corrected chi connectivity index (χ2v) is 3.75. The van der Waals surface area contributed by atoms with E-state index in [0.717, 1.165) is 6.54 Å². The Morgan fingerprint density at radius 1 is 1.73 bits per heavy atom. The van der Waals surface area contributed by atoms with Crippen LogP contribution in [0.5, 0.6) is 0 Å². The van der Waals surface area contributed by atoms with E-state index in [1.54, 1.807) is 0 Å². The van der Waals surface area contributed by atoms with Crippen molar-refractivity contribution in [3.05, 3.63) is 12.3 Å². The average molecular weight is 151 g/mol. The van der Waals surface area contributed by atoms with E-state index >= 15 is 0 Å². The van der Waals surface area contributed by atoms with Gasteiger partial charge in [0.25, 0.3) is 0 Å². The maximum absolute atomic E-state index is 5.49. The highest BCUT2D eigenvalue weighted by atomic mass is 15.3. The molecule has 0 bridgehead atoms. The van der Waals surface area contributed by atoms with E-state index in [-0.39, 0.29) is 0 Å². The van der Waals surface area contributed by atoms with Crippen LogP contribution in [0.2, 0.25) is 0 Å². The predicted octanol–water partition coefficient (Wildman–Crippen LogP) is 1.27. The smallest absolute Gasteiger partial charge is 0.145 e. The van der Waals surface area contributed by atoms with E-state index in [4.69, 9.17) is 5.73 Å². The van der Waals surface area contributed by atoms with Gasteiger partial charge in [-0.1, -0.05) is 6.92 Å². The fourth-order valence-corrected chi connectivity index (χ4v) is 1.23. The largest absolute Gasteiger partial charge is 0.382 e. The monoisotopic (exact) mass is 151 g/mol. The van der Waals surface area contributed by atoms with Crippen LogP contribution in [0.3, 0.4) is 0 Å². The molecular formula is C8H13N3. The molecule has 2 N–H and O–H groups in total. The van der Waals surface area contributed by atoms with Crippen molar-refractivity contribution in [3.63, 3.8) is 0 Å². The molecule has 0 spiro atoms. The van der Waals surface area contributed by atoms with Crippen molar-refractivity contribution in [1.82, 2.24) is 9.78 Å². The molecule has 0 aromatic carbocycles. The molecule has 11 heavy (non-hydrogen) atoms. The SMILES string of the molecule is CC1(Cn2ccc(N)n2)CC1. The van der Waals surface area contributed by atoms with Crippen molar-refractivity contribution in [3.8, 4) is 0 Å². The minimum absolute atomic E-state index is 0.512. The van der Waals surface area contributed by atoms with Gasteiger partial charge in [-0.05, 0) is 24.3 Å². The third kappa shape index (κ3) is 1.37. The van der Waals surface area contributed by atoms with Crippen molar-refractivity contribution < 1.29 is 0 Å². The lowest BCUT2D eigenvalue weighted by atomic mass is 10.1. The minimum atomic E-state index is 0.512. The molecule has 0 unspecified atom stereocenters. The zero-order valence-corrected chi connectivity index (χ0v) is 6.75. The summed E-state index contributed by atoms with van der Waals surface area (Å²) in [5.41, 5.74) is 6.00. The highest BCUT2D eigenvalue weighted by Crippen LogP contribution is 2.46. The number of nitrogen functional groups attached to an aromatic ring is 1. The first kappa shape index (κ1) is 6.70. The molecule has 1 aliphatic carbocycles. The van der Waals surface area contributed by atoms with Crippen LogP contribution in [0.15, 0.2) is 12.3 Å². The molecule has 1 heterocycles. The number of hydrogen-bond acceptors (Lipinski definition) is 2. The fourth-order valence-electron chi connectivity index (χ4n) is 1.23. The van der Waals surface area contributed by atoms with E-state index in [9.17, 15) is 0 Å². The van der Waals surface area contributed by atoms with Crippen molar-refractivity contribution >= 4 is 5.82 Å². The Hall–Kier alpha value is -0.990. The van der Waals surface area contributed by atoms with Crippen LogP contribution in [0, 0.1) is 5.41 Å². The zero-order chi connectivity index (χ0) is 7.90. The number of nitrogens with two attached hydrogens (primary N) is 1. The zero-order valence-electron chi connectivity index (χ0n) is 6.75. The first-order valence-electron chi connectivity index (χ1n) is 3.97. The highest BCUT2D eigenvalue weighted by molar-refractivity contribution is 5.23. The van der Waals surface area contributed by atoms with E-state index < -0.39 is 0 Å². The summed E-state index contributed by atoms with van der Waals surface area (Å²) in [6.45, 7) is 3.30. The molecule has 3 heteroatoms. The molecule has 1 aliphatic rings. The van der Waals surface area contributed by atoms with Crippen molar-refractivity contribution in [2.75, 3.05) is 5.73 Å². The van der Waals surface area contributed by atoms with Crippen molar-refractivity contribution in [1.29, 1.82) is 0 Å². The molecule has 0 saturated heterocycles. The van der Waals surface area contributed by atoms with E-state index in [2.05, 4.69) is 12.0 Å². The lowest BCUT2D eigenvalue weighted by Gasteiger charge is -2.06. The average Bonchev–Trinajstić information content (AvgIpc) is 2.49. The topological polar surface area (TPSA) is 43.8 Å². The summed E-state index contributed by atoms with van der Waals surface area (Å²) >= 11 is 0. The van der Waals surface area contributed by atoms with Gasteiger partial charge in [-0.25, -0.2) is 0 Å². The molecule has 0 radical (unpaired) electrons. The quantitative estimate of drug-likeness (QED) is 0.691. The molecule has 3 nitrogen and oxygen atoms in total. The van der Waals surface area contributed by atoms with Gasteiger partial charge in [0, 0.05) is 12.7 Å². The Morgan fingerprint density at radius 3 is 2.91 bits per heavy atom. The first-order chi connectivity index (χ1) is 5.18. The first-order valence-corrected chi connectivity index (χ1v) is 3.97. The van der Waals surface area contributed by atoms with Crippen LogP contribution < -0.4 is 5.73 Å². The Labute approximate surface area is 66.2 Å². The number of rotatable bonds is 2. The van der Waals surface area contributed by atoms with E-state index in [1.165, 1.54) is 12.8 Å². The van der Waals surface area contributed by atoms with Gasteiger partial charge in [0.05, 0.1) is 0 Å². The number of aromatic nitrogens is 2. The van der Waals surface area contributed by atoms with Crippen LogP contribution in [0.25, 0.3) is 0 Å². The summed E-state index contributed by atoms with van der Waals surface area (Å²) in [6, 6.07) is 1.84.